The van der Waals surface area contributed by atoms with Gasteiger partial charge in [-0.05, 0) is 62.4 Å². The summed E-state index contributed by atoms with van der Waals surface area (Å²) in [5, 5.41) is 16.1. The van der Waals surface area contributed by atoms with Gasteiger partial charge in [-0.2, -0.15) is 0 Å². The third kappa shape index (κ3) is 3.03. The van der Waals surface area contributed by atoms with Gasteiger partial charge in [0.2, 0.25) is 0 Å². The van der Waals surface area contributed by atoms with Gasteiger partial charge in [-0.1, -0.05) is 43.9 Å². The molecule has 2 N–H and O–H groups in total. The van der Waals surface area contributed by atoms with E-state index in [-0.39, 0.29) is 17.3 Å². The highest BCUT2D eigenvalue weighted by molar-refractivity contribution is 7.80. The van der Waals surface area contributed by atoms with E-state index < -0.39 is 5.72 Å². The van der Waals surface area contributed by atoms with E-state index >= 15 is 0 Å². The molecule has 2 aliphatic carbocycles. The quantitative estimate of drug-likeness (QED) is 0.777. The van der Waals surface area contributed by atoms with Crippen molar-refractivity contribution in [1.29, 1.82) is 0 Å². The molecular formula is C21H29FN2OS. The second-order valence-corrected chi connectivity index (χ2v) is 8.70. The standard InChI is InChI=1S/C21H29FN2OS/c22-17-9-3-2-8-16(17)11-15-24-19(26)23-20(12-5-1-6-13-20)18-10-4-7-14-21(18,24)25/h2-3,8-9,18,25H,1,4-7,10-15H2,(H,23,26). The average Bonchev–Trinajstić information content (AvgIpc) is 2.63. The summed E-state index contributed by atoms with van der Waals surface area (Å²) in [7, 11) is 0. The van der Waals surface area contributed by atoms with Gasteiger partial charge in [0.15, 0.2) is 5.11 Å². The zero-order valence-corrected chi connectivity index (χ0v) is 16.2. The molecule has 2 saturated carbocycles. The summed E-state index contributed by atoms with van der Waals surface area (Å²) in [6.45, 7) is 0.551. The van der Waals surface area contributed by atoms with Gasteiger partial charge in [0.25, 0.3) is 0 Å². The molecule has 1 saturated heterocycles. The van der Waals surface area contributed by atoms with Crippen LogP contribution in [0.4, 0.5) is 4.39 Å². The molecule has 2 atom stereocenters. The molecule has 0 aromatic heterocycles. The summed E-state index contributed by atoms with van der Waals surface area (Å²) in [6.07, 6.45) is 10.4. The Morgan fingerprint density at radius 3 is 2.62 bits per heavy atom. The highest BCUT2D eigenvalue weighted by Gasteiger charge is 2.58. The molecule has 3 nitrogen and oxygen atoms in total. The summed E-state index contributed by atoms with van der Waals surface area (Å²) in [4.78, 5) is 1.97. The smallest absolute Gasteiger partial charge is 0.171 e. The number of nitrogens with zero attached hydrogens (tertiary/aromatic N) is 1. The number of benzene rings is 1. The zero-order valence-electron chi connectivity index (χ0n) is 15.3. The van der Waals surface area contributed by atoms with Crippen LogP contribution in [-0.2, 0) is 6.42 Å². The Labute approximate surface area is 161 Å². The zero-order chi connectivity index (χ0) is 18.2. The van der Waals surface area contributed by atoms with E-state index in [1.807, 2.05) is 17.0 Å². The lowest BCUT2D eigenvalue weighted by molar-refractivity contribution is -0.181. The highest BCUT2D eigenvalue weighted by Crippen LogP contribution is 2.50. The van der Waals surface area contributed by atoms with Gasteiger partial charge >= 0.3 is 0 Å². The van der Waals surface area contributed by atoms with Gasteiger partial charge in [-0.3, -0.25) is 0 Å². The van der Waals surface area contributed by atoms with Crippen molar-refractivity contribution in [2.45, 2.75) is 75.5 Å². The first-order valence-corrected chi connectivity index (χ1v) is 10.5. The molecule has 26 heavy (non-hydrogen) atoms. The van der Waals surface area contributed by atoms with Crippen LogP contribution in [0.2, 0.25) is 0 Å². The Balaban J connectivity index is 1.59. The van der Waals surface area contributed by atoms with E-state index in [2.05, 4.69) is 5.32 Å². The Hall–Kier alpha value is -1.20. The molecule has 4 rings (SSSR count). The Morgan fingerprint density at radius 2 is 1.85 bits per heavy atom. The van der Waals surface area contributed by atoms with Crippen molar-refractivity contribution in [3.05, 3.63) is 35.6 Å². The van der Waals surface area contributed by atoms with Crippen LogP contribution in [0.1, 0.15) is 63.4 Å². The molecule has 1 aromatic carbocycles. The van der Waals surface area contributed by atoms with Gasteiger partial charge in [-0.15, -0.1) is 0 Å². The van der Waals surface area contributed by atoms with E-state index in [1.54, 1.807) is 6.07 Å². The maximum Gasteiger partial charge on any atom is 0.171 e. The van der Waals surface area contributed by atoms with Crippen molar-refractivity contribution in [3.8, 4) is 0 Å². The molecular weight excluding hydrogens is 347 g/mol. The van der Waals surface area contributed by atoms with Gasteiger partial charge in [-0.25, -0.2) is 4.39 Å². The van der Waals surface area contributed by atoms with E-state index in [0.717, 1.165) is 32.1 Å². The van der Waals surface area contributed by atoms with Crippen molar-refractivity contribution in [2.75, 3.05) is 6.54 Å². The minimum absolute atomic E-state index is 0.0427. The normalized spacial score (nSPS) is 30.8. The van der Waals surface area contributed by atoms with Crippen LogP contribution in [0.5, 0.6) is 0 Å². The lowest BCUT2D eigenvalue weighted by Crippen LogP contribution is -2.75. The van der Waals surface area contributed by atoms with Crippen LogP contribution in [-0.4, -0.2) is 32.9 Å². The fourth-order valence-corrected chi connectivity index (χ4v) is 6.06. The minimum Gasteiger partial charge on any atom is -0.370 e. The summed E-state index contributed by atoms with van der Waals surface area (Å²) >= 11 is 5.73. The summed E-state index contributed by atoms with van der Waals surface area (Å²) in [5.41, 5.74) is -0.244. The number of aliphatic hydroxyl groups is 1. The molecule has 1 aromatic rings. The number of rotatable bonds is 3. The third-order valence-corrected chi connectivity index (χ3v) is 7.21. The molecule has 2 unspecified atom stereocenters. The number of fused-ring (bicyclic) bond motifs is 2. The third-order valence-electron chi connectivity index (χ3n) is 6.89. The molecule has 142 valence electrons. The van der Waals surface area contributed by atoms with Crippen molar-refractivity contribution < 1.29 is 9.50 Å². The van der Waals surface area contributed by atoms with Crippen molar-refractivity contribution >= 4 is 17.3 Å². The predicted molar refractivity (Wildman–Crippen MR) is 105 cm³/mol. The first-order chi connectivity index (χ1) is 12.6. The van der Waals surface area contributed by atoms with Crippen molar-refractivity contribution in [2.24, 2.45) is 5.92 Å². The molecule has 3 aliphatic rings. The predicted octanol–water partition coefficient (Wildman–Crippen LogP) is 4.14. The van der Waals surface area contributed by atoms with Gasteiger partial charge < -0.3 is 15.3 Å². The van der Waals surface area contributed by atoms with Crippen molar-refractivity contribution in [3.63, 3.8) is 0 Å². The van der Waals surface area contributed by atoms with Crippen LogP contribution >= 0.6 is 12.2 Å². The summed E-state index contributed by atoms with van der Waals surface area (Å²) < 4.78 is 14.0. The fourth-order valence-electron chi connectivity index (χ4n) is 5.61. The number of halogens is 1. The van der Waals surface area contributed by atoms with E-state index in [1.165, 1.54) is 31.7 Å². The fraction of sp³-hybridized carbons (Fsp3) is 0.667. The Bertz CT molecular complexity index is 676. The van der Waals surface area contributed by atoms with Crippen LogP contribution in [0.15, 0.2) is 24.3 Å². The molecule has 5 heteroatoms. The topological polar surface area (TPSA) is 35.5 Å². The average molecular weight is 377 g/mol. The minimum atomic E-state index is -0.886. The van der Waals surface area contributed by atoms with Crippen molar-refractivity contribution in [1.82, 2.24) is 10.2 Å². The molecule has 0 amide bonds. The van der Waals surface area contributed by atoms with E-state index in [0.29, 0.717) is 23.6 Å². The Kier molecular flexibility index (Phi) is 4.95. The molecule has 0 radical (unpaired) electrons. The highest BCUT2D eigenvalue weighted by atomic mass is 32.1. The van der Waals surface area contributed by atoms with Gasteiger partial charge in [0, 0.05) is 18.0 Å². The lowest BCUT2D eigenvalue weighted by Gasteiger charge is -2.61. The van der Waals surface area contributed by atoms with Crippen LogP contribution in [0, 0.1) is 11.7 Å². The summed E-state index contributed by atoms with van der Waals surface area (Å²) in [5.74, 6) is 0.0238. The largest absolute Gasteiger partial charge is 0.370 e. The number of hydrogen-bond donors (Lipinski definition) is 2. The maximum atomic E-state index is 14.0. The first kappa shape index (κ1) is 18.2. The number of nitrogens with one attached hydrogen (secondary N) is 1. The maximum absolute atomic E-state index is 14.0. The van der Waals surface area contributed by atoms with Gasteiger partial charge in [0.05, 0.1) is 0 Å². The van der Waals surface area contributed by atoms with Crippen LogP contribution in [0.3, 0.4) is 0 Å². The van der Waals surface area contributed by atoms with Crippen LogP contribution in [0.25, 0.3) is 0 Å². The second kappa shape index (κ2) is 7.08. The summed E-state index contributed by atoms with van der Waals surface area (Å²) in [6, 6.07) is 6.89. The van der Waals surface area contributed by atoms with Gasteiger partial charge in [0.1, 0.15) is 11.5 Å². The first-order valence-electron chi connectivity index (χ1n) is 10.1. The van der Waals surface area contributed by atoms with E-state index in [9.17, 15) is 9.50 Å². The molecule has 1 heterocycles. The molecule has 3 fully saturated rings. The SMILES string of the molecule is OC12CCCCC1C1(CCCCC1)NC(=S)N2CCc1ccccc1F. The van der Waals surface area contributed by atoms with Crippen LogP contribution < -0.4 is 5.32 Å². The monoisotopic (exact) mass is 376 g/mol. The Morgan fingerprint density at radius 1 is 1.12 bits per heavy atom. The second-order valence-electron chi connectivity index (χ2n) is 8.32. The molecule has 0 bridgehead atoms. The molecule has 1 aliphatic heterocycles. The van der Waals surface area contributed by atoms with E-state index in [4.69, 9.17) is 12.2 Å². The lowest BCUT2D eigenvalue weighted by atomic mass is 9.62. The number of hydrogen-bond acceptors (Lipinski definition) is 2. The molecule has 1 spiro atoms. The number of thiocarbonyl (C=S) groups is 1.